The Morgan fingerprint density at radius 2 is 1.56 bits per heavy atom. The number of carbonyl (C=O) groups is 1. The number of hydrogen-bond donors (Lipinski definition) is 0. The molecule has 0 unspecified atom stereocenters. The van der Waals surface area contributed by atoms with E-state index < -0.39 is 0 Å². The van der Waals surface area contributed by atoms with Gasteiger partial charge in [0.25, 0.3) is 0 Å². The molecule has 2 aromatic carbocycles. The monoisotopic (exact) mass is 351 g/mol. The van der Waals surface area contributed by atoms with Gasteiger partial charge in [-0.2, -0.15) is 5.26 Å². The molecule has 0 saturated carbocycles. The quantitative estimate of drug-likeness (QED) is 0.698. The van der Waals surface area contributed by atoms with Crippen LogP contribution in [0, 0.1) is 11.3 Å². The molecule has 0 N–H and O–H groups in total. The van der Waals surface area contributed by atoms with Gasteiger partial charge in [0.1, 0.15) is 0 Å². The van der Waals surface area contributed by atoms with E-state index in [-0.39, 0.29) is 5.91 Å². The second-order valence-corrected chi connectivity index (χ2v) is 7.09. The molecule has 0 fully saturated rings. The van der Waals surface area contributed by atoms with Crippen molar-refractivity contribution in [2.75, 3.05) is 11.4 Å². The summed E-state index contributed by atoms with van der Waals surface area (Å²) in [6.45, 7) is 0.800. The van der Waals surface area contributed by atoms with Crippen LogP contribution in [-0.2, 0) is 17.6 Å². The maximum atomic E-state index is 12.1. The molecule has 0 aliphatic carbocycles. The van der Waals surface area contributed by atoms with Gasteiger partial charge >= 0.3 is 0 Å². The van der Waals surface area contributed by atoms with E-state index in [0.29, 0.717) is 12.0 Å². The Morgan fingerprint density at radius 3 is 2.30 bits per heavy atom. The highest BCUT2D eigenvalue weighted by Crippen LogP contribution is 2.40. The third-order valence-corrected chi connectivity index (χ3v) is 5.47. The molecule has 0 spiro atoms. The van der Waals surface area contributed by atoms with Gasteiger partial charge in [0.15, 0.2) is 0 Å². The highest BCUT2D eigenvalue weighted by atomic mass is 16.2. The molecule has 3 heterocycles. The number of amides is 1. The average molecular weight is 351 g/mol. The lowest BCUT2D eigenvalue weighted by Crippen LogP contribution is -2.32. The molecule has 1 aromatic heterocycles. The van der Waals surface area contributed by atoms with Gasteiger partial charge in [-0.3, -0.25) is 9.78 Å². The Kier molecular flexibility index (Phi) is 3.54. The first-order valence-corrected chi connectivity index (χ1v) is 9.15. The highest BCUT2D eigenvalue weighted by Gasteiger charge is 2.31. The Morgan fingerprint density at radius 1 is 0.852 bits per heavy atom. The van der Waals surface area contributed by atoms with Crippen LogP contribution in [-0.4, -0.2) is 17.4 Å². The Hall–Kier alpha value is -3.45. The average Bonchev–Trinajstić information content (AvgIpc) is 3.16. The second-order valence-electron chi connectivity index (χ2n) is 7.09. The first-order valence-electron chi connectivity index (χ1n) is 9.15. The lowest BCUT2D eigenvalue weighted by atomic mass is 9.93. The van der Waals surface area contributed by atoms with E-state index in [4.69, 9.17) is 5.26 Å². The summed E-state index contributed by atoms with van der Waals surface area (Å²) in [5, 5.41) is 8.97. The molecule has 1 amide bonds. The minimum atomic E-state index is 0.249. The third kappa shape index (κ3) is 2.60. The van der Waals surface area contributed by atoms with Crippen LogP contribution in [0.3, 0.4) is 0 Å². The standard InChI is InChI=1S/C23H17N3O/c24-12-15-1-3-16(4-2-15)20-11-21(14-25-13-20)19-9-17-5-6-22(27)26-8-7-18(10-19)23(17)26/h1-4,9-11,13-14H,5-8H2. The number of nitrogens with zero attached hydrogens (tertiary/aromatic N) is 3. The summed E-state index contributed by atoms with van der Waals surface area (Å²) in [6.07, 6.45) is 6.07. The third-order valence-electron chi connectivity index (χ3n) is 5.47. The first-order chi connectivity index (χ1) is 13.2. The van der Waals surface area contributed by atoms with Gasteiger partial charge in [-0.15, -0.1) is 0 Å². The molecule has 3 aromatic rings. The van der Waals surface area contributed by atoms with Crippen LogP contribution >= 0.6 is 0 Å². The zero-order valence-electron chi connectivity index (χ0n) is 14.8. The number of carbonyl (C=O) groups excluding carboxylic acids is 1. The van der Waals surface area contributed by atoms with Gasteiger partial charge in [-0.1, -0.05) is 12.1 Å². The van der Waals surface area contributed by atoms with Gasteiger partial charge in [0, 0.05) is 36.5 Å². The number of aromatic nitrogens is 1. The van der Waals surface area contributed by atoms with Crippen molar-refractivity contribution in [1.29, 1.82) is 5.26 Å². The second kappa shape index (κ2) is 6.07. The summed E-state index contributed by atoms with van der Waals surface area (Å²) in [6, 6.07) is 16.3. The zero-order valence-corrected chi connectivity index (χ0v) is 14.8. The van der Waals surface area contributed by atoms with Gasteiger partial charge in [0.2, 0.25) is 5.91 Å². The minimum Gasteiger partial charge on any atom is -0.312 e. The maximum Gasteiger partial charge on any atom is 0.227 e. The number of nitriles is 1. The van der Waals surface area contributed by atoms with Crippen LogP contribution in [0.1, 0.15) is 23.1 Å². The van der Waals surface area contributed by atoms with E-state index in [0.717, 1.165) is 47.3 Å². The predicted octanol–water partition coefficient (Wildman–Crippen LogP) is 4.12. The number of anilines is 1. The molecule has 0 bridgehead atoms. The summed E-state index contributed by atoms with van der Waals surface area (Å²) in [5.41, 5.74) is 8.63. The molecule has 0 saturated heterocycles. The number of rotatable bonds is 2. The SMILES string of the molecule is N#Cc1ccc(-c2cncc(-c3cc4c5c(c3)CCN5C(=O)CC4)c2)cc1. The van der Waals surface area contributed by atoms with Crippen molar-refractivity contribution in [3.05, 3.63) is 71.5 Å². The molecule has 130 valence electrons. The van der Waals surface area contributed by atoms with Crippen LogP contribution in [0.5, 0.6) is 0 Å². The molecular formula is C23H17N3O. The largest absolute Gasteiger partial charge is 0.312 e. The van der Waals surface area contributed by atoms with E-state index in [2.05, 4.69) is 29.3 Å². The van der Waals surface area contributed by atoms with Crippen molar-refractivity contribution in [1.82, 2.24) is 4.98 Å². The van der Waals surface area contributed by atoms with Crippen LogP contribution in [0.2, 0.25) is 0 Å². The van der Waals surface area contributed by atoms with Crippen LogP contribution < -0.4 is 4.90 Å². The molecule has 0 atom stereocenters. The van der Waals surface area contributed by atoms with Crippen molar-refractivity contribution in [3.8, 4) is 28.3 Å². The van der Waals surface area contributed by atoms with Crippen LogP contribution in [0.25, 0.3) is 22.3 Å². The lowest BCUT2D eigenvalue weighted by molar-refractivity contribution is -0.118. The summed E-state index contributed by atoms with van der Waals surface area (Å²) in [5.74, 6) is 0.249. The number of pyridine rings is 1. The summed E-state index contributed by atoms with van der Waals surface area (Å²) >= 11 is 0. The van der Waals surface area contributed by atoms with E-state index in [1.54, 1.807) is 0 Å². The Balaban J connectivity index is 1.56. The minimum absolute atomic E-state index is 0.249. The molecular weight excluding hydrogens is 334 g/mol. The van der Waals surface area contributed by atoms with E-state index in [1.807, 2.05) is 41.6 Å². The predicted molar refractivity (Wildman–Crippen MR) is 104 cm³/mol. The van der Waals surface area contributed by atoms with Crippen molar-refractivity contribution >= 4 is 11.6 Å². The summed E-state index contributed by atoms with van der Waals surface area (Å²) < 4.78 is 0. The molecule has 4 nitrogen and oxygen atoms in total. The zero-order chi connectivity index (χ0) is 18.4. The molecule has 2 aliphatic rings. The van der Waals surface area contributed by atoms with Crippen molar-refractivity contribution in [2.45, 2.75) is 19.3 Å². The number of hydrogen-bond acceptors (Lipinski definition) is 3. The Labute approximate surface area is 157 Å². The fourth-order valence-electron chi connectivity index (χ4n) is 4.12. The van der Waals surface area contributed by atoms with E-state index >= 15 is 0 Å². The van der Waals surface area contributed by atoms with Crippen LogP contribution in [0.15, 0.2) is 54.9 Å². The fourth-order valence-corrected chi connectivity index (χ4v) is 4.12. The van der Waals surface area contributed by atoms with Crippen LogP contribution in [0.4, 0.5) is 5.69 Å². The molecule has 5 rings (SSSR count). The normalized spacial score (nSPS) is 14.8. The molecule has 4 heteroatoms. The smallest absolute Gasteiger partial charge is 0.227 e. The maximum absolute atomic E-state index is 12.1. The summed E-state index contributed by atoms with van der Waals surface area (Å²) in [4.78, 5) is 18.5. The Bertz CT molecular complexity index is 1110. The van der Waals surface area contributed by atoms with Crippen molar-refractivity contribution in [2.24, 2.45) is 0 Å². The van der Waals surface area contributed by atoms with Crippen molar-refractivity contribution in [3.63, 3.8) is 0 Å². The van der Waals surface area contributed by atoms with Crippen molar-refractivity contribution < 1.29 is 4.79 Å². The van der Waals surface area contributed by atoms with Gasteiger partial charge < -0.3 is 4.90 Å². The lowest BCUT2D eigenvalue weighted by Gasteiger charge is -2.25. The van der Waals surface area contributed by atoms with E-state index in [1.165, 1.54) is 11.1 Å². The fraction of sp³-hybridized carbons (Fsp3) is 0.174. The molecule has 27 heavy (non-hydrogen) atoms. The summed E-state index contributed by atoms with van der Waals surface area (Å²) in [7, 11) is 0. The van der Waals surface area contributed by atoms with E-state index in [9.17, 15) is 4.79 Å². The number of aryl methyl sites for hydroxylation is 1. The molecule has 2 aliphatic heterocycles. The first kappa shape index (κ1) is 15.8. The topological polar surface area (TPSA) is 57.0 Å². The van der Waals surface area contributed by atoms with Gasteiger partial charge in [-0.05, 0) is 65.4 Å². The highest BCUT2D eigenvalue weighted by molar-refractivity contribution is 5.99. The number of benzene rings is 2. The molecule has 0 radical (unpaired) electrons. The van der Waals surface area contributed by atoms with Gasteiger partial charge in [-0.25, -0.2) is 0 Å². The van der Waals surface area contributed by atoms with Gasteiger partial charge in [0.05, 0.1) is 17.3 Å².